The van der Waals surface area contributed by atoms with Gasteiger partial charge in [-0.05, 0) is 0 Å². The first kappa shape index (κ1) is 11.5. The highest BCUT2D eigenvalue weighted by atomic mass is 32.3. The SMILES string of the molecule is NC1=NC(N)=C(N)[C@@H](O)N1OS(=O)(=O)O. The summed E-state index contributed by atoms with van der Waals surface area (Å²) in [6.07, 6.45) is -1.75. The number of hydrogen-bond donors (Lipinski definition) is 5. The summed E-state index contributed by atoms with van der Waals surface area (Å²) < 4.78 is 33.0. The van der Waals surface area contributed by atoms with Crippen LogP contribution in [0.3, 0.4) is 0 Å². The molecule has 1 heterocycles. The van der Waals surface area contributed by atoms with Crippen LogP contribution in [0.1, 0.15) is 0 Å². The van der Waals surface area contributed by atoms with E-state index in [2.05, 4.69) is 9.28 Å². The summed E-state index contributed by atoms with van der Waals surface area (Å²) in [5, 5.41) is 9.54. The summed E-state index contributed by atoms with van der Waals surface area (Å²) in [7, 11) is -4.84. The van der Waals surface area contributed by atoms with Gasteiger partial charge in [-0.3, -0.25) is 4.55 Å². The molecule has 1 atom stereocenters. The number of nitrogens with two attached hydrogens (primary N) is 3. The van der Waals surface area contributed by atoms with Crippen LogP contribution in [0.25, 0.3) is 0 Å². The normalized spacial score (nSPS) is 22.9. The standard InChI is InChI=1S/C4H9N5O5S/c5-1-2(6)8-4(7)9(3(1)10)14-15(11,12)13/h3,10H,5-6H2,(H2,7,8)(H,11,12,13)/t3-/m1/s1. The average Bonchev–Trinajstić information content (AvgIpc) is 2.07. The molecule has 86 valence electrons. The molecule has 0 aromatic carbocycles. The first-order chi connectivity index (χ1) is 6.72. The minimum Gasteiger partial charge on any atom is -0.395 e. The predicted molar refractivity (Wildman–Crippen MR) is 47.5 cm³/mol. The van der Waals surface area contributed by atoms with Gasteiger partial charge in [-0.15, -0.1) is 4.28 Å². The lowest BCUT2D eigenvalue weighted by Gasteiger charge is -2.28. The van der Waals surface area contributed by atoms with Gasteiger partial charge in [-0.2, -0.15) is 18.5 Å². The minimum absolute atomic E-state index is 0.195. The van der Waals surface area contributed by atoms with Crippen molar-refractivity contribution in [3.8, 4) is 0 Å². The van der Waals surface area contributed by atoms with Gasteiger partial charge >= 0.3 is 10.4 Å². The van der Waals surface area contributed by atoms with Crippen molar-refractivity contribution in [3.63, 3.8) is 0 Å². The van der Waals surface area contributed by atoms with Gasteiger partial charge in [-0.1, -0.05) is 0 Å². The van der Waals surface area contributed by atoms with E-state index >= 15 is 0 Å². The van der Waals surface area contributed by atoms with Crippen LogP contribution in [0.2, 0.25) is 0 Å². The highest BCUT2D eigenvalue weighted by molar-refractivity contribution is 7.80. The van der Waals surface area contributed by atoms with Crippen molar-refractivity contribution in [3.05, 3.63) is 11.5 Å². The molecule has 1 rings (SSSR count). The van der Waals surface area contributed by atoms with E-state index in [1.807, 2.05) is 0 Å². The number of rotatable bonds is 2. The van der Waals surface area contributed by atoms with Gasteiger partial charge < -0.3 is 22.3 Å². The third-order valence-electron chi connectivity index (χ3n) is 1.43. The fraction of sp³-hybridized carbons (Fsp3) is 0.250. The Hall–Kier alpha value is -1.56. The Morgan fingerprint density at radius 2 is 1.93 bits per heavy atom. The monoisotopic (exact) mass is 239 g/mol. The zero-order valence-electron chi connectivity index (χ0n) is 7.23. The molecule has 0 aromatic rings. The Labute approximate surface area is 84.5 Å². The van der Waals surface area contributed by atoms with Crippen molar-refractivity contribution in [2.45, 2.75) is 6.23 Å². The van der Waals surface area contributed by atoms with Crippen molar-refractivity contribution in [1.82, 2.24) is 5.06 Å². The van der Waals surface area contributed by atoms with Crippen molar-refractivity contribution < 1.29 is 22.4 Å². The highest BCUT2D eigenvalue weighted by Gasteiger charge is 2.31. The van der Waals surface area contributed by atoms with Gasteiger partial charge in [0, 0.05) is 0 Å². The van der Waals surface area contributed by atoms with Crippen LogP contribution in [-0.2, 0) is 14.7 Å². The van der Waals surface area contributed by atoms with E-state index in [4.69, 9.17) is 21.8 Å². The largest absolute Gasteiger partial charge is 0.418 e. The van der Waals surface area contributed by atoms with Crippen LogP contribution in [0, 0.1) is 0 Å². The molecule has 0 saturated heterocycles. The van der Waals surface area contributed by atoms with Crippen LogP contribution in [0.4, 0.5) is 0 Å². The highest BCUT2D eigenvalue weighted by Crippen LogP contribution is 2.13. The van der Waals surface area contributed by atoms with Crippen molar-refractivity contribution in [1.29, 1.82) is 0 Å². The number of aliphatic hydroxyl groups excluding tert-OH is 1. The fourth-order valence-corrected chi connectivity index (χ4v) is 1.16. The van der Waals surface area contributed by atoms with Crippen molar-refractivity contribution >= 4 is 16.4 Å². The third-order valence-corrected chi connectivity index (χ3v) is 1.78. The molecule has 0 amide bonds. The topological polar surface area (TPSA) is 177 Å². The average molecular weight is 239 g/mol. The number of aliphatic imine (C=N–C) groups is 1. The lowest BCUT2D eigenvalue weighted by atomic mass is 10.3. The first-order valence-corrected chi connectivity index (χ1v) is 4.82. The molecular weight excluding hydrogens is 230 g/mol. The molecule has 10 nitrogen and oxygen atoms in total. The lowest BCUT2D eigenvalue weighted by Crippen LogP contribution is -2.51. The van der Waals surface area contributed by atoms with E-state index in [0.29, 0.717) is 0 Å². The number of aliphatic hydroxyl groups is 1. The Bertz CT molecular complexity index is 427. The van der Waals surface area contributed by atoms with E-state index in [1.54, 1.807) is 0 Å². The summed E-state index contributed by atoms with van der Waals surface area (Å²) in [4.78, 5) is 3.37. The Morgan fingerprint density at radius 1 is 1.40 bits per heavy atom. The van der Waals surface area contributed by atoms with E-state index in [0.717, 1.165) is 0 Å². The van der Waals surface area contributed by atoms with Crippen LogP contribution in [-0.4, -0.2) is 35.3 Å². The number of nitrogens with zero attached hydrogens (tertiary/aromatic N) is 2. The van der Waals surface area contributed by atoms with E-state index in [1.165, 1.54) is 0 Å². The predicted octanol–water partition coefficient (Wildman–Crippen LogP) is -3.24. The molecule has 1 aliphatic rings. The number of guanidine groups is 1. The van der Waals surface area contributed by atoms with Crippen molar-refractivity contribution in [2.75, 3.05) is 0 Å². The van der Waals surface area contributed by atoms with Gasteiger partial charge in [0.15, 0.2) is 12.0 Å². The maximum atomic E-state index is 10.4. The second kappa shape index (κ2) is 3.54. The Kier molecular flexibility index (Phi) is 2.72. The van der Waals surface area contributed by atoms with Crippen LogP contribution in [0.5, 0.6) is 0 Å². The summed E-state index contributed by atoms with van der Waals surface area (Å²) in [5.74, 6) is -0.831. The van der Waals surface area contributed by atoms with Crippen molar-refractivity contribution in [2.24, 2.45) is 22.2 Å². The van der Waals surface area contributed by atoms with E-state index < -0.39 is 22.6 Å². The molecule has 11 heteroatoms. The van der Waals surface area contributed by atoms with Crippen LogP contribution in [0.15, 0.2) is 16.5 Å². The van der Waals surface area contributed by atoms with Gasteiger partial charge in [0.1, 0.15) is 5.70 Å². The molecule has 0 aliphatic carbocycles. The maximum Gasteiger partial charge on any atom is 0.418 e. The molecule has 0 spiro atoms. The molecule has 0 radical (unpaired) electrons. The van der Waals surface area contributed by atoms with Gasteiger partial charge in [0.05, 0.1) is 0 Å². The maximum absolute atomic E-state index is 10.4. The van der Waals surface area contributed by atoms with Gasteiger partial charge in [0.25, 0.3) is 0 Å². The summed E-state index contributed by atoms with van der Waals surface area (Å²) >= 11 is 0. The summed E-state index contributed by atoms with van der Waals surface area (Å²) in [6.45, 7) is 0. The summed E-state index contributed by atoms with van der Waals surface area (Å²) in [5.41, 5.74) is 15.3. The van der Waals surface area contributed by atoms with Crippen LogP contribution >= 0.6 is 0 Å². The van der Waals surface area contributed by atoms with Gasteiger partial charge in [-0.25, -0.2) is 0 Å². The quantitative estimate of drug-likeness (QED) is 0.309. The molecule has 15 heavy (non-hydrogen) atoms. The zero-order chi connectivity index (χ0) is 11.8. The summed E-state index contributed by atoms with van der Waals surface area (Å²) in [6, 6.07) is 0. The first-order valence-electron chi connectivity index (χ1n) is 3.46. The second-order valence-electron chi connectivity index (χ2n) is 2.51. The van der Waals surface area contributed by atoms with E-state index in [-0.39, 0.29) is 16.6 Å². The minimum atomic E-state index is -4.84. The Balaban J connectivity index is 3.01. The van der Waals surface area contributed by atoms with Gasteiger partial charge in [0.2, 0.25) is 5.96 Å². The molecule has 1 aliphatic heterocycles. The van der Waals surface area contributed by atoms with E-state index in [9.17, 15) is 13.5 Å². The molecule has 0 fully saturated rings. The number of hydrogen-bond acceptors (Lipinski definition) is 9. The number of hydroxylamine groups is 2. The smallest absolute Gasteiger partial charge is 0.395 e. The van der Waals surface area contributed by atoms with Crippen LogP contribution < -0.4 is 17.2 Å². The second-order valence-corrected chi connectivity index (χ2v) is 3.52. The molecule has 0 saturated carbocycles. The Morgan fingerprint density at radius 3 is 2.40 bits per heavy atom. The third kappa shape index (κ3) is 2.47. The molecule has 0 bridgehead atoms. The lowest BCUT2D eigenvalue weighted by molar-refractivity contribution is -0.101. The molecule has 0 unspecified atom stereocenters. The molecule has 8 N–H and O–H groups in total. The molecule has 0 aromatic heterocycles. The fourth-order valence-electron chi connectivity index (χ4n) is 0.802. The molecular formula is C4H9N5O5S. The zero-order valence-corrected chi connectivity index (χ0v) is 8.05.